The molecule has 0 radical (unpaired) electrons. The van der Waals surface area contributed by atoms with Crippen molar-refractivity contribution in [3.8, 4) is 0 Å². The Kier molecular flexibility index (Phi) is 4.32. The van der Waals surface area contributed by atoms with E-state index in [0.29, 0.717) is 31.2 Å². The van der Waals surface area contributed by atoms with E-state index in [1.165, 1.54) is 4.90 Å². The summed E-state index contributed by atoms with van der Waals surface area (Å²) in [5, 5.41) is 2.12. The Balaban J connectivity index is 1.87. The molecule has 0 saturated heterocycles. The molecule has 0 spiro atoms. The summed E-state index contributed by atoms with van der Waals surface area (Å²) in [5.74, 6) is -3.02. The number of nitrogens with two attached hydrogens (primary N) is 1. The number of amides is 3. The molecular weight excluding hydrogens is 361 g/mol. The molecule has 1 aromatic carbocycles. The van der Waals surface area contributed by atoms with Crippen LogP contribution in [0, 0.1) is 17.6 Å². The first-order valence-electron chi connectivity index (χ1n) is 7.91. The molecule has 0 atom stereocenters. The van der Waals surface area contributed by atoms with E-state index in [9.17, 15) is 31.5 Å². The van der Waals surface area contributed by atoms with Crippen LogP contribution in [0.1, 0.15) is 30.4 Å². The second kappa shape index (κ2) is 6.10. The van der Waals surface area contributed by atoms with Crippen molar-refractivity contribution in [3.05, 3.63) is 34.9 Å². The first kappa shape index (κ1) is 18.4. The van der Waals surface area contributed by atoms with Gasteiger partial charge in [-0.05, 0) is 31.2 Å². The molecule has 4 rings (SSSR count). The summed E-state index contributed by atoms with van der Waals surface area (Å²) in [5.41, 5.74) is 2.36. The zero-order chi connectivity index (χ0) is 19.3. The van der Waals surface area contributed by atoms with Crippen LogP contribution in [0.4, 0.5) is 26.7 Å². The first-order valence-corrected chi connectivity index (χ1v) is 7.91. The van der Waals surface area contributed by atoms with Crippen LogP contribution in [0.2, 0.25) is 0 Å². The van der Waals surface area contributed by atoms with Gasteiger partial charge in [0.1, 0.15) is 11.6 Å². The maximum atomic E-state index is 14.0. The number of carbonyl (C=O) groups excluding carboxylic acids is 2. The molecule has 26 heavy (non-hydrogen) atoms. The van der Waals surface area contributed by atoms with Crippen molar-refractivity contribution in [2.24, 2.45) is 11.7 Å². The van der Waals surface area contributed by atoms with Gasteiger partial charge in [-0.1, -0.05) is 0 Å². The minimum absolute atomic E-state index is 0.171. The van der Waals surface area contributed by atoms with Crippen molar-refractivity contribution >= 4 is 11.9 Å². The molecule has 3 amide bonds. The van der Waals surface area contributed by atoms with Gasteiger partial charge in [0.15, 0.2) is 0 Å². The highest BCUT2D eigenvalue weighted by molar-refractivity contribution is 5.84. The summed E-state index contributed by atoms with van der Waals surface area (Å²) in [6, 6.07) is -0.370. The average molecular weight is 377 g/mol. The number of hydrogen-bond acceptors (Lipinski definition) is 2. The smallest absolute Gasteiger partial charge is 0.352 e. The number of benzene rings is 1. The molecule has 10 heteroatoms. The van der Waals surface area contributed by atoms with E-state index < -0.39 is 59.5 Å². The van der Waals surface area contributed by atoms with Crippen molar-refractivity contribution in [2.75, 3.05) is 6.54 Å². The molecule has 0 unspecified atom stereocenters. The molecule has 3 N–H and O–H groups in total. The summed E-state index contributed by atoms with van der Waals surface area (Å²) in [6.45, 7) is -0.891. The second-order valence-corrected chi connectivity index (χ2v) is 6.82. The number of nitrogens with one attached hydrogen (secondary N) is 1. The zero-order valence-corrected chi connectivity index (χ0v) is 13.5. The summed E-state index contributed by atoms with van der Waals surface area (Å²) in [6.07, 6.45) is -2.97. The lowest BCUT2D eigenvalue weighted by Crippen LogP contribution is -2.70. The van der Waals surface area contributed by atoms with E-state index in [-0.39, 0.29) is 6.07 Å². The topological polar surface area (TPSA) is 75.4 Å². The summed E-state index contributed by atoms with van der Waals surface area (Å²) >= 11 is 0. The van der Waals surface area contributed by atoms with Crippen LogP contribution >= 0.6 is 0 Å². The third-order valence-electron chi connectivity index (χ3n) is 5.06. The summed E-state index contributed by atoms with van der Waals surface area (Å²) in [7, 11) is 0. The van der Waals surface area contributed by atoms with Crippen LogP contribution in [-0.2, 0) is 17.5 Å². The van der Waals surface area contributed by atoms with Gasteiger partial charge in [-0.2, -0.15) is 13.2 Å². The SMILES string of the molecule is NC(=O)NCC(=O)N(Cc1cc(C(F)(F)F)c(F)cc1F)C12CC(C1)C2. The number of nitrogens with zero attached hydrogens (tertiary/aromatic N) is 1. The van der Waals surface area contributed by atoms with Crippen LogP contribution in [0.3, 0.4) is 0 Å². The van der Waals surface area contributed by atoms with Crippen molar-refractivity contribution < 1.29 is 31.5 Å². The number of rotatable bonds is 5. The standard InChI is InChI=1S/C16H16F5N3O2/c17-11-2-12(18)10(16(19,20)21)1-9(11)7-24(13(25)6-23-14(22)26)15-3-8(4-15)5-15/h1-2,8H,3-7H2,(H3,22,23,26). The van der Waals surface area contributed by atoms with Crippen LogP contribution in [0.25, 0.3) is 0 Å². The Bertz CT molecular complexity index is 748. The molecular formula is C16H16F5N3O2. The van der Waals surface area contributed by atoms with Crippen LogP contribution in [0.5, 0.6) is 0 Å². The van der Waals surface area contributed by atoms with Gasteiger partial charge in [-0.3, -0.25) is 4.79 Å². The quantitative estimate of drug-likeness (QED) is 0.774. The van der Waals surface area contributed by atoms with Gasteiger partial charge in [0, 0.05) is 23.7 Å². The largest absolute Gasteiger partial charge is 0.419 e. The van der Waals surface area contributed by atoms with Gasteiger partial charge in [0.25, 0.3) is 0 Å². The van der Waals surface area contributed by atoms with Gasteiger partial charge in [0.2, 0.25) is 5.91 Å². The van der Waals surface area contributed by atoms with Gasteiger partial charge in [0.05, 0.1) is 12.1 Å². The fourth-order valence-corrected chi connectivity index (χ4v) is 3.64. The predicted molar refractivity (Wildman–Crippen MR) is 79.6 cm³/mol. The Hall–Kier alpha value is -2.39. The molecule has 3 saturated carbocycles. The third-order valence-corrected chi connectivity index (χ3v) is 5.06. The average Bonchev–Trinajstić information content (AvgIpc) is 2.41. The third kappa shape index (κ3) is 3.19. The molecule has 3 aliphatic rings. The molecule has 0 aliphatic heterocycles. The van der Waals surface area contributed by atoms with E-state index in [4.69, 9.17) is 5.73 Å². The lowest BCUT2D eigenvalue weighted by atomic mass is 9.49. The molecule has 3 fully saturated rings. The fourth-order valence-electron chi connectivity index (χ4n) is 3.64. The molecule has 0 heterocycles. The van der Waals surface area contributed by atoms with Gasteiger partial charge in [-0.25, -0.2) is 13.6 Å². The van der Waals surface area contributed by atoms with E-state index in [1.807, 2.05) is 0 Å². The maximum absolute atomic E-state index is 14.0. The van der Waals surface area contributed by atoms with E-state index in [1.54, 1.807) is 0 Å². The number of primary amides is 1. The fraction of sp³-hybridized carbons (Fsp3) is 0.500. The molecule has 2 bridgehead atoms. The van der Waals surface area contributed by atoms with Gasteiger partial charge >= 0.3 is 12.2 Å². The van der Waals surface area contributed by atoms with E-state index in [2.05, 4.69) is 5.32 Å². The Labute approximate surface area is 145 Å². The minimum Gasteiger partial charge on any atom is -0.352 e. The molecule has 3 aliphatic carbocycles. The number of alkyl halides is 3. The summed E-state index contributed by atoms with van der Waals surface area (Å²) in [4.78, 5) is 24.5. The molecule has 142 valence electrons. The predicted octanol–water partition coefficient (Wildman–Crippen LogP) is 2.53. The van der Waals surface area contributed by atoms with Gasteiger partial charge in [-0.15, -0.1) is 0 Å². The van der Waals surface area contributed by atoms with Crippen molar-refractivity contribution in [3.63, 3.8) is 0 Å². The van der Waals surface area contributed by atoms with Crippen LogP contribution in [0.15, 0.2) is 12.1 Å². The Morgan fingerprint density at radius 3 is 2.27 bits per heavy atom. The number of halogens is 5. The normalized spacial score (nSPS) is 23.7. The Morgan fingerprint density at radius 1 is 1.19 bits per heavy atom. The highest BCUT2D eigenvalue weighted by atomic mass is 19.4. The number of carbonyl (C=O) groups is 2. The van der Waals surface area contributed by atoms with Crippen LogP contribution in [-0.4, -0.2) is 28.9 Å². The number of urea groups is 1. The summed E-state index contributed by atoms with van der Waals surface area (Å²) < 4.78 is 66.1. The highest BCUT2D eigenvalue weighted by Crippen LogP contribution is 2.61. The van der Waals surface area contributed by atoms with E-state index >= 15 is 0 Å². The van der Waals surface area contributed by atoms with Crippen molar-refractivity contribution in [1.82, 2.24) is 10.2 Å². The van der Waals surface area contributed by atoms with Crippen LogP contribution < -0.4 is 11.1 Å². The Morgan fingerprint density at radius 2 is 1.81 bits per heavy atom. The minimum atomic E-state index is -4.98. The zero-order valence-electron chi connectivity index (χ0n) is 13.5. The van der Waals surface area contributed by atoms with E-state index in [0.717, 1.165) is 0 Å². The first-order chi connectivity index (χ1) is 12.0. The molecule has 0 aromatic heterocycles. The lowest BCUT2D eigenvalue weighted by Gasteiger charge is -2.66. The molecule has 5 nitrogen and oxygen atoms in total. The van der Waals surface area contributed by atoms with Gasteiger partial charge < -0.3 is 16.0 Å². The highest BCUT2D eigenvalue weighted by Gasteiger charge is 2.61. The monoisotopic (exact) mass is 377 g/mol. The lowest BCUT2D eigenvalue weighted by molar-refractivity contribution is -0.173. The van der Waals surface area contributed by atoms with Crippen molar-refractivity contribution in [2.45, 2.75) is 37.5 Å². The number of hydrogen-bond donors (Lipinski definition) is 2. The molecule has 1 aromatic rings. The maximum Gasteiger partial charge on any atom is 0.419 e. The second-order valence-electron chi connectivity index (χ2n) is 6.82. The van der Waals surface area contributed by atoms with Crippen molar-refractivity contribution in [1.29, 1.82) is 0 Å².